The first-order valence-electron chi connectivity index (χ1n) is 15.4. The minimum Gasteiger partial charge on any atom is -0.324 e. The van der Waals surface area contributed by atoms with Crippen LogP contribution in [-0.2, 0) is 13.1 Å². The number of hydrogen-bond acceptors (Lipinski definition) is 2. The van der Waals surface area contributed by atoms with Crippen LogP contribution in [0.4, 0.5) is 0 Å². The van der Waals surface area contributed by atoms with E-state index in [2.05, 4.69) is 144 Å². The van der Waals surface area contributed by atoms with E-state index in [1.807, 2.05) is 12.1 Å². The molecule has 8 rings (SSSR count). The molecule has 0 bridgehead atoms. The highest BCUT2D eigenvalue weighted by Crippen LogP contribution is 2.34. The highest BCUT2D eigenvalue weighted by Gasteiger charge is 2.14. The van der Waals surface area contributed by atoms with Crippen molar-refractivity contribution in [2.45, 2.75) is 26.9 Å². The van der Waals surface area contributed by atoms with Gasteiger partial charge in [0, 0.05) is 24.2 Å². The first-order chi connectivity index (χ1) is 21.7. The third kappa shape index (κ3) is 4.30. The topological polar surface area (TPSA) is 35.6 Å². The molecule has 2 heterocycles. The summed E-state index contributed by atoms with van der Waals surface area (Å²) in [6.07, 6.45) is 0. The summed E-state index contributed by atoms with van der Waals surface area (Å²) in [5.74, 6) is 2.03. The number of para-hydroxylation sites is 4. The fourth-order valence-corrected chi connectivity index (χ4v) is 6.56. The number of imidazole rings is 2. The van der Waals surface area contributed by atoms with Gasteiger partial charge >= 0.3 is 0 Å². The molecule has 0 fully saturated rings. The van der Waals surface area contributed by atoms with E-state index in [0.717, 1.165) is 46.9 Å². The van der Waals surface area contributed by atoms with Crippen molar-refractivity contribution in [3.63, 3.8) is 0 Å². The van der Waals surface area contributed by atoms with Gasteiger partial charge in [-0.15, -0.1) is 0 Å². The Morgan fingerprint density at radius 3 is 1.52 bits per heavy atom. The van der Waals surface area contributed by atoms with Crippen molar-refractivity contribution < 1.29 is 0 Å². The van der Waals surface area contributed by atoms with Gasteiger partial charge in [0.05, 0.1) is 22.1 Å². The first-order valence-corrected chi connectivity index (χ1v) is 15.4. The Balaban J connectivity index is 1.11. The molecule has 0 N–H and O–H groups in total. The number of benzene rings is 6. The van der Waals surface area contributed by atoms with E-state index >= 15 is 0 Å². The molecule has 0 radical (unpaired) electrons. The molecule has 0 atom stereocenters. The van der Waals surface area contributed by atoms with E-state index in [9.17, 15) is 0 Å². The molecule has 0 amide bonds. The van der Waals surface area contributed by atoms with Crippen molar-refractivity contribution >= 4 is 32.8 Å². The van der Waals surface area contributed by atoms with Gasteiger partial charge in [-0.25, -0.2) is 9.97 Å². The smallest absolute Gasteiger partial charge is 0.141 e. The van der Waals surface area contributed by atoms with Crippen LogP contribution in [0, 0.1) is 0 Å². The van der Waals surface area contributed by atoms with Crippen LogP contribution < -0.4 is 0 Å². The molecule has 0 aliphatic rings. The van der Waals surface area contributed by atoms with Crippen LogP contribution in [0.2, 0.25) is 0 Å². The molecular formula is C40H32N4. The van der Waals surface area contributed by atoms with Gasteiger partial charge in [-0.2, -0.15) is 0 Å². The molecule has 4 heteroatoms. The average molecular weight is 569 g/mol. The van der Waals surface area contributed by atoms with Crippen LogP contribution in [-0.4, -0.2) is 19.1 Å². The van der Waals surface area contributed by atoms with Crippen molar-refractivity contribution in [3.8, 4) is 45.0 Å². The van der Waals surface area contributed by atoms with E-state index in [1.165, 1.54) is 44.1 Å². The maximum Gasteiger partial charge on any atom is 0.141 e. The average Bonchev–Trinajstić information content (AvgIpc) is 3.66. The van der Waals surface area contributed by atoms with Crippen molar-refractivity contribution in [3.05, 3.63) is 133 Å². The van der Waals surface area contributed by atoms with Crippen LogP contribution in [0.5, 0.6) is 0 Å². The molecular weight excluding hydrogens is 536 g/mol. The third-order valence-corrected chi connectivity index (χ3v) is 8.75. The van der Waals surface area contributed by atoms with Gasteiger partial charge in [0.15, 0.2) is 0 Å². The highest BCUT2D eigenvalue weighted by molar-refractivity contribution is 5.99. The van der Waals surface area contributed by atoms with E-state index in [-0.39, 0.29) is 0 Å². The van der Waals surface area contributed by atoms with E-state index < -0.39 is 0 Å². The van der Waals surface area contributed by atoms with Crippen LogP contribution in [0.25, 0.3) is 77.9 Å². The Kier molecular flexibility index (Phi) is 6.34. The van der Waals surface area contributed by atoms with E-state index in [1.54, 1.807) is 0 Å². The zero-order chi connectivity index (χ0) is 29.6. The molecule has 2 aromatic heterocycles. The van der Waals surface area contributed by atoms with Gasteiger partial charge in [0.25, 0.3) is 0 Å². The van der Waals surface area contributed by atoms with Gasteiger partial charge in [-0.3, -0.25) is 0 Å². The molecule has 0 saturated heterocycles. The summed E-state index contributed by atoms with van der Waals surface area (Å²) in [6.45, 7) is 6.11. The van der Waals surface area contributed by atoms with Crippen molar-refractivity contribution in [2.75, 3.05) is 0 Å². The Morgan fingerprint density at radius 2 is 0.955 bits per heavy atom. The lowest BCUT2D eigenvalue weighted by molar-refractivity contribution is 0.796. The number of rotatable bonds is 6. The van der Waals surface area contributed by atoms with Crippen LogP contribution in [0.15, 0.2) is 133 Å². The standard InChI is InChI=1S/C40H32N4/c1-3-43-37-14-7-5-12-35(37)41-39(43)29-20-16-27(17-21-29)31-24-25-34-32(26-31)10-9-11-33(34)28-18-22-30(23-19-28)40-42-36-13-6-8-15-38(36)44(40)4-2/h5-26H,3-4H2,1-2H3. The summed E-state index contributed by atoms with van der Waals surface area (Å²) in [6, 6.07) is 47.7. The van der Waals surface area contributed by atoms with E-state index in [4.69, 9.17) is 9.97 Å². The lowest BCUT2D eigenvalue weighted by Gasteiger charge is -2.11. The number of aromatic nitrogens is 4. The minimum absolute atomic E-state index is 0.881. The molecule has 44 heavy (non-hydrogen) atoms. The van der Waals surface area contributed by atoms with Crippen LogP contribution >= 0.6 is 0 Å². The van der Waals surface area contributed by atoms with Gasteiger partial charge in [-0.05, 0) is 77.2 Å². The normalized spacial score (nSPS) is 11.6. The Hall–Kier alpha value is -5.48. The largest absolute Gasteiger partial charge is 0.324 e. The number of fused-ring (bicyclic) bond motifs is 3. The molecule has 0 unspecified atom stereocenters. The maximum atomic E-state index is 4.94. The number of aryl methyl sites for hydroxylation is 2. The van der Waals surface area contributed by atoms with Gasteiger partial charge in [0.2, 0.25) is 0 Å². The molecule has 0 aliphatic heterocycles. The Morgan fingerprint density at radius 1 is 0.455 bits per heavy atom. The summed E-state index contributed by atoms with van der Waals surface area (Å²) < 4.78 is 4.57. The minimum atomic E-state index is 0.881. The molecule has 6 aromatic carbocycles. The van der Waals surface area contributed by atoms with Crippen molar-refractivity contribution in [1.82, 2.24) is 19.1 Å². The summed E-state index contributed by atoms with van der Waals surface area (Å²) in [5, 5.41) is 2.48. The third-order valence-electron chi connectivity index (χ3n) is 8.75. The number of hydrogen-bond donors (Lipinski definition) is 0. The zero-order valence-corrected chi connectivity index (χ0v) is 24.9. The van der Waals surface area contributed by atoms with Gasteiger partial charge in [-0.1, -0.05) is 103 Å². The SMILES string of the molecule is CCn1c(-c2ccc(-c3ccc4c(-c5ccc(-c6nc7ccccc7n6CC)cc5)cccc4c3)cc2)nc2ccccc21. The molecule has 212 valence electrons. The number of nitrogens with zero attached hydrogens (tertiary/aromatic N) is 4. The lowest BCUT2D eigenvalue weighted by Crippen LogP contribution is -1.97. The summed E-state index contributed by atoms with van der Waals surface area (Å²) in [5.41, 5.74) is 11.5. The molecule has 8 aromatic rings. The molecule has 4 nitrogen and oxygen atoms in total. The second-order valence-corrected chi connectivity index (χ2v) is 11.2. The predicted molar refractivity (Wildman–Crippen MR) is 184 cm³/mol. The summed E-state index contributed by atoms with van der Waals surface area (Å²) in [7, 11) is 0. The Labute approximate surface area is 256 Å². The fourth-order valence-electron chi connectivity index (χ4n) is 6.56. The lowest BCUT2D eigenvalue weighted by atomic mass is 9.94. The van der Waals surface area contributed by atoms with Gasteiger partial charge in [0.1, 0.15) is 11.6 Å². The Bertz CT molecular complexity index is 2290. The fraction of sp³-hybridized carbons (Fsp3) is 0.100. The molecule has 0 saturated carbocycles. The predicted octanol–water partition coefficient (Wildman–Crippen LogP) is 10.2. The van der Waals surface area contributed by atoms with Gasteiger partial charge < -0.3 is 9.13 Å². The van der Waals surface area contributed by atoms with E-state index in [0.29, 0.717) is 0 Å². The highest BCUT2D eigenvalue weighted by atomic mass is 15.1. The van der Waals surface area contributed by atoms with Crippen molar-refractivity contribution in [1.29, 1.82) is 0 Å². The monoisotopic (exact) mass is 568 g/mol. The first kappa shape index (κ1) is 26.2. The van der Waals surface area contributed by atoms with Crippen LogP contribution in [0.3, 0.4) is 0 Å². The quantitative estimate of drug-likeness (QED) is 0.200. The summed E-state index contributed by atoms with van der Waals surface area (Å²) >= 11 is 0. The van der Waals surface area contributed by atoms with Crippen molar-refractivity contribution in [2.24, 2.45) is 0 Å². The maximum absolute atomic E-state index is 4.94. The molecule has 0 spiro atoms. The zero-order valence-electron chi connectivity index (χ0n) is 24.9. The summed E-state index contributed by atoms with van der Waals surface area (Å²) in [4.78, 5) is 9.88. The second kappa shape index (κ2) is 10.7. The molecule has 0 aliphatic carbocycles. The van der Waals surface area contributed by atoms with Crippen LogP contribution in [0.1, 0.15) is 13.8 Å². The second-order valence-electron chi connectivity index (χ2n) is 11.2.